The van der Waals surface area contributed by atoms with Crippen molar-refractivity contribution in [2.75, 3.05) is 0 Å². The molecule has 0 bridgehead atoms. The van der Waals surface area contributed by atoms with Gasteiger partial charge in [-0.1, -0.05) is 66.7 Å². The van der Waals surface area contributed by atoms with Crippen LogP contribution in [0.2, 0.25) is 0 Å². The number of hydrogen-bond donors (Lipinski definition) is 0. The van der Waals surface area contributed by atoms with Crippen molar-refractivity contribution in [2.45, 2.75) is 0 Å². The number of pyridine rings is 1. The maximum Gasteiger partial charge on any atom is 0.211 e. The van der Waals surface area contributed by atoms with Crippen LogP contribution < -0.4 is 0 Å². The average Bonchev–Trinajstić information content (AvgIpc) is 2.56. The van der Waals surface area contributed by atoms with E-state index in [0.29, 0.717) is 11.3 Å². The predicted octanol–water partition coefficient (Wildman–Crippen LogP) is 3.98. The minimum atomic E-state index is -0.0524. The standard InChI is InChI=1S/C18H13NO/c20-18(15-10-5-2-6-11-15)17-13-7-12-16(19-17)14-8-3-1-4-9-14/h1-13H. The fourth-order valence-electron chi connectivity index (χ4n) is 2.07. The van der Waals surface area contributed by atoms with Crippen LogP contribution >= 0.6 is 0 Å². The molecule has 2 heteroatoms. The van der Waals surface area contributed by atoms with E-state index in [1.54, 1.807) is 18.2 Å². The van der Waals surface area contributed by atoms with Gasteiger partial charge in [0.2, 0.25) is 5.78 Å². The van der Waals surface area contributed by atoms with E-state index < -0.39 is 0 Å². The highest BCUT2D eigenvalue weighted by atomic mass is 16.1. The fourth-order valence-corrected chi connectivity index (χ4v) is 2.07. The minimum absolute atomic E-state index is 0.0524. The van der Waals surface area contributed by atoms with Crippen LogP contribution in [-0.4, -0.2) is 10.8 Å². The summed E-state index contributed by atoms with van der Waals surface area (Å²) in [6, 6.07) is 24.6. The molecule has 0 spiro atoms. The van der Waals surface area contributed by atoms with Crippen LogP contribution in [0.5, 0.6) is 0 Å². The first-order chi connectivity index (χ1) is 9.84. The highest BCUT2D eigenvalue weighted by Gasteiger charge is 2.10. The Kier molecular flexibility index (Phi) is 3.38. The van der Waals surface area contributed by atoms with Crippen LogP contribution in [0.3, 0.4) is 0 Å². The molecule has 1 heterocycles. The van der Waals surface area contributed by atoms with Gasteiger partial charge in [-0.3, -0.25) is 4.79 Å². The van der Waals surface area contributed by atoms with Crippen LogP contribution in [0.15, 0.2) is 78.9 Å². The number of carbonyl (C=O) groups excluding carboxylic acids is 1. The zero-order valence-corrected chi connectivity index (χ0v) is 10.9. The quantitative estimate of drug-likeness (QED) is 0.666. The molecule has 3 aromatic rings. The second-order valence-electron chi connectivity index (χ2n) is 4.47. The smallest absolute Gasteiger partial charge is 0.211 e. The first kappa shape index (κ1) is 12.3. The summed E-state index contributed by atoms with van der Waals surface area (Å²) in [5.41, 5.74) is 2.95. The highest BCUT2D eigenvalue weighted by molar-refractivity contribution is 6.07. The molecule has 0 saturated carbocycles. The van der Waals surface area contributed by atoms with E-state index in [2.05, 4.69) is 4.98 Å². The van der Waals surface area contributed by atoms with Gasteiger partial charge in [0.25, 0.3) is 0 Å². The Bertz CT molecular complexity index is 721. The third-order valence-electron chi connectivity index (χ3n) is 3.09. The molecular weight excluding hydrogens is 246 g/mol. The van der Waals surface area contributed by atoms with Crippen molar-refractivity contribution >= 4 is 5.78 Å². The largest absolute Gasteiger partial charge is 0.287 e. The Morgan fingerprint density at radius 1 is 0.700 bits per heavy atom. The number of carbonyl (C=O) groups is 1. The lowest BCUT2D eigenvalue weighted by molar-refractivity contribution is 0.103. The number of rotatable bonds is 3. The van der Waals surface area contributed by atoms with Crippen LogP contribution in [0.25, 0.3) is 11.3 Å². The predicted molar refractivity (Wildman–Crippen MR) is 79.5 cm³/mol. The third-order valence-corrected chi connectivity index (χ3v) is 3.09. The number of aromatic nitrogens is 1. The molecule has 0 saturated heterocycles. The summed E-state index contributed by atoms with van der Waals surface area (Å²) in [6.45, 7) is 0. The van der Waals surface area contributed by atoms with Gasteiger partial charge in [-0.25, -0.2) is 4.98 Å². The maximum absolute atomic E-state index is 12.4. The molecule has 0 amide bonds. The summed E-state index contributed by atoms with van der Waals surface area (Å²) < 4.78 is 0. The van der Waals surface area contributed by atoms with E-state index >= 15 is 0 Å². The minimum Gasteiger partial charge on any atom is -0.287 e. The molecule has 0 aliphatic carbocycles. The summed E-state index contributed by atoms with van der Waals surface area (Å²) in [5, 5.41) is 0. The Labute approximate surface area is 117 Å². The van der Waals surface area contributed by atoms with E-state index in [4.69, 9.17) is 0 Å². The summed E-state index contributed by atoms with van der Waals surface area (Å²) in [4.78, 5) is 16.8. The Balaban J connectivity index is 1.98. The zero-order valence-electron chi connectivity index (χ0n) is 10.9. The van der Waals surface area contributed by atoms with Crippen molar-refractivity contribution in [2.24, 2.45) is 0 Å². The lowest BCUT2D eigenvalue weighted by atomic mass is 10.1. The van der Waals surface area contributed by atoms with Crippen LogP contribution in [-0.2, 0) is 0 Å². The lowest BCUT2D eigenvalue weighted by Crippen LogP contribution is -2.04. The monoisotopic (exact) mass is 259 g/mol. The molecule has 0 aliphatic heterocycles. The molecule has 0 unspecified atom stereocenters. The van der Waals surface area contributed by atoms with E-state index in [9.17, 15) is 4.79 Å². The maximum atomic E-state index is 12.4. The second kappa shape index (κ2) is 5.49. The molecule has 2 nitrogen and oxygen atoms in total. The topological polar surface area (TPSA) is 30.0 Å². The summed E-state index contributed by atoms with van der Waals surface area (Å²) >= 11 is 0. The van der Waals surface area contributed by atoms with Crippen molar-refractivity contribution in [1.82, 2.24) is 4.98 Å². The fraction of sp³-hybridized carbons (Fsp3) is 0. The van der Waals surface area contributed by atoms with Gasteiger partial charge in [0, 0.05) is 11.1 Å². The van der Waals surface area contributed by atoms with Gasteiger partial charge in [-0.05, 0) is 12.1 Å². The van der Waals surface area contributed by atoms with Gasteiger partial charge < -0.3 is 0 Å². The lowest BCUT2D eigenvalue weighted by Gasteiger charge is -2.04. The number of hydrogen-bond acceptors (Lipinski definition) is 2. The molecule has 1 aromatic heterocycles. The van der Waals surface area contributed by atoms with Crippen LogP contribution in [0.1, 0.15) is 16.1 Å². The Morgan fingerprint density at radius 3 is 2.05 bits per heavy atom. The first-order valence-corrected chi connectivity index (χ1v) is 6.47. The molecule has 2 aromatic carbocycles. The van der Waals surface area contributed by atoms with Gasteiger partial charge in [0.1, 0.15) is 5.69 Å². The van der Waals surface area contributed by atoms with Gasteiger partial charge in [-0.2, -0.15) is 0 Å². The first-order valence-electron chi connectivity index (χ1n) is 6.47. The van der Waals surface area contributed by atoms with Gasteiger partial charge in [0.15, 0.2) is 0 Å². The molecule has 0 radical (unpaired) electrons. The number of benzene rings is 2. The summed E-state index contributed by atoms with van der Waals surface area (Å²) in [7, 11) is 0. The van der Waals surface area contributed by atoms with E-state index in [1.807, 2.05) is 60.7 Å². The molecule has 96 valence electrons. The third kappa shape index (κ3) is 2.50. The summed E-state index contributed by atoms with van der Waals surface area (Å²) in [5.74, 6) is -0.0524. The zero-order chi connectivity index (χ0) is 13.8. The van der Waals surface area contributed by atoms with E-state index in [-0.39, 0.29) is 5.78 Å². The van der Waals surface area contributed by atoms with E-state index in [1.165, 1.54) is 0 Å². The van der Waals surface area contributed by atoms with Crippen molar-refractivity contribution in [1.29, 1.82) is 0 Å². The molecule has 0 fully saturated rings. The number of nitrogens with zero attached hydrogens (tertiary/aromatic N) is 1. The van der Waals surface area contributed by atoms with Crippen LogP contribution in [0.4, 0.5) is 0 Å². The van der Waals surface area contributed by atoms with Gasteiger partial charge in [-0.15, -0.1) is 0 Å². The van der Waals surface area contributed by atoms with Gasteiger partial charge >= 0.3 is 0 Å². The van der Waals surface area contributed by atoms with Crippen molar-refractivity contribution < 1.29 is 4.79 Å². The summed E-state index contributed by atoms with van der Waals surface area (Å²) in [6.07, 6.45) is 0. The average molecular weight is 259 g/mol. The number of ketones is 1. The van der Waals surface area contributed by atoms with Crippen molar-refractivity contribution in [3.8, 4) is 11.3 Å². The highest BCUT2D eigenvalue weighted by Crippen LogP contribution is 2.17. The molecule has 3 rings (SSSR count). The van der Waals surface area contributed by atoms with Crippen molar-refractivity contribution in [3.63, 3.8) is 0 Å². The molecular formula is C18H13NO. The Morgan fingerprint density at radius 2 is 1.35 bits per heavy atom. The molecule has 0 aliphatic rings. The molecule has 0 N–H and O–H groups in total. The van der Waals surface area contributed by atoms with Crippen molar-refractivity contribution in [3.05, 3.63) is 90.1 Å². The van der Waals surface area contributed by atoms with Gasteiger partial charge in [0.05, 0.1) is 5.69 Å². The normalized spacial score (nSPS) is 10.2. The second-order valence-corrected chi connectivity index (χ2v) is 4.47. The SMILES string of the molecule is O=C(c1ccccc1)c1cccc(-c2ccccc2)n1. The van der Waals surface area contributed by atoms with Crippen LogP contribution in [0, 0.1) is 0 Å². The molecule has 20 heavy (non-hydrogen) atoms. The molecule has 0 atom stereocenters. The van der Waals surface area contributed by atoms with E-state index in [0.717, 1.165) is 11.3 Å². The Hall–Kier alpha value is -2.74.